The summed E-state index contributed by atoms with van der Waals surface area (Å²) in [4.78, 5) is 4.99. The third-order valence-electron chi connectivity index (χ3n) is 4.38. The number of ether oxygens (including phenoxy) is 1. The fraction of sp³-hybridized carbons (Fsp3) is 0.429. The maximum atomic E-state index is 10.1. The summed E-state index contributed by atoms with van der Waals surface area (Å²) in [6.45, 7) is 0. The number of hydrogen-bond acceptors (Lipinski definition) is 6. The molecule has 0 amide bonds. The highest BCUT2D eigenvalue weighted by Crippen LogP contribution is 2.56. The molecule has 0 bridgehead atoms. The molecule has 7 atom stereocenters. The van der Waals surface area contributed by atoms with Crippen molar-refractivity contribution < 1.29 is 9.84 Å². The molecule has 3 saturated heterocycles. The van der Waals surface area contributed by atoms with Gasteiger partial charge in [0.2, 0.25) is 0 Å². The van der Waals surface area contributed by atoms with Gasteiger partial charge in [-0.15, -0.1) is 22.7 Å². The molecule has 20 heavy (non-hydrogen) atoms. The van der Waals surface area contributed by atoms with Gasteiger partial charge in [0.05, 0.1) is 24.2 Å². The minimum Gasteiger partial charge on any atom is -0.366 e. The van der Waals surface area contributed by atoms with Gasteiger partial charge < -0.3 is 9.84 Å². The lowest BCUT2D eigenvalue weighted by atomic mass is 10.2. The van der Waals surface area contributed by atoms with Crippen molar-refractivity contribution in [1.82, 2.24) is 10.2 Å². The van der Waals surface area contributed by atoms with Gasteiger partial charge in [0.15, 0.2) is 6.29 Å². The van der Waals surface area contributed by atoms with E-state index in [2.05, 4.69) is 45.2 Å². The maximum absolute atomic E-state index is 10.1. The van der Waals surface area contributed by atoms with Crippen molar-refractivity contribution >= 4 is 22.7 Å². The molecule has 5 heterocycles. The van der Waals surface area contributed by atoms with Crippen molar-refractivity contribution in [2.24, 2.45) is 0 Å². The van der Waals surface area contributed by atoms with E-state index in [-0.39, 0.29) is 12.3 Å². The number of aliphatic hydroxyl groups is 1. The van der Waals surface area contributed by atoms with Crippen LogP contribution in [0.25, 0.3) is 0 Å². The van der Waals surface area contributed by atoms with Crippen LogP contribution in [-0.2, 0) is 4.74 Å². The summed E-state index contributed by atoms with van der Waals surface area (Å²) >= 11 is 3.53. The average molecular weight is 306 g/mol. The summed E-state index contributed by atoms with van der Waals surface area (Å²) in [6.07, 6.45) is -0.660. The van der Waals surface area contributed by atoms with E-state index in [1.165, 1.54) is 9.75 Å². The molecule has 4 unspecified atom stereocenters. The third kappa shape index (κ3) is 1.60. The van der Waals surface area contributed by atoms with Crippen molar-refractivity contribution in [3.05, 3.63) is 44.8 Å². The molecular weight excluding hydrogens is 292 g/mol. The van der Waals surface area contributed by atoms with E-state index in [9.17, 15) is 5.11 Å². The molecule has 2 N–H and O–H groups in total. The van der Waals surface area contributed by atoms with Crippen LogP contribution in [-0.4, -0.2) is 34.6 Å². The molecule has 0 aliphatic carbocycles. The van der Waals surface area contributed by atoms with Crippen molar-refractivity contribution in [3.63, 3.8) is 0 Å². The quantitative estimate of drug-likeness (QED) is 0.851. The molecule has 3 fully saturated rings. The number of nitrogens with one attached hydrogen (secondary N) is 1. The van der Waals surface area contributed by atoms with Crippen LogP contribution in [0.1, 0.15) is 21.8 Å². The van der Waals surface area contributed by atoms with Crippen LogP contribution in [0, 0.1) is 0 Å². The topological polar surface area (TPSA) is 54.4 Å². The lowest BCUT2D eigenvalue weighted by Crippen LogP contribution is -2.29. The Balaban J connectivity index is 1.36. The largest absolute Gasteiger partial charge is 0.366 e. The van der Waals surface area contributed by atoms with E-state index < -0.39 is 6.29 Å². The first-order valence-electron chi connectivity index (χ1n) is 6.78. The monoisotopic (exact) mass is 306 g/mol. The Morgan fingerprint density at radius 2 is 1.90 bits per heavy atom. The van der Waals surface area contributed by atoms with E-state index in [1.54, 1.807) is 22.7 Å². The first-order valence-corrected chi connectivity index (χ1v) is 8.54. The molecule has 2 aromatic heterocycles. The zero-order valence-electron chi connectivity index (χ0n) is 10.5. The van der Waals surface area contributed by atoms with Gasteiger partial charge >= 0.3 is 0 Å². The van der Waals surface area contributed by atoms with Gasteiger partial charge in [-0.25, -0.2) is 0 Å². The van der Waals surface area contributed by atoms with Crippen LogP contribution >= 0.6 is 22.7 Å². The second-order valence-electron chi connectivity index (χ2n) is 5.50. The summed E-state index contributed by atoms with van der Waals surface area (Å²) in [5, 5.41) is 17.8. The van der Waals surface area contributed by atoms with Gasteiger partial charge in [0.1, 0.15) is 6.23 Å². The standard InChI is InChI=1S/C14H14N2O2S2/c17-14-12-11(8-4-2-6-20-8)16(12)13(18-14)10-9(15-10)7-3-1-5-19-7/h1-6,9-15,17H/t9?,10-,11?,12?,13?,14+,16+/m0/s1. The Morgan fingerprint density at radius 1 is 1.15 bits per heavy atom. The molecule has 104 valence electrons. The molecule has 2 aromatic rings. The van der Waals surface area contributed by atoms with Crippen LogP contribution in [0.3, 0.4) is 0 Å². The molecule has 4 nitrogen and oxygen atoms in total. The van der Waals surface area contributed by atoms with Gasteiger partial charge in [-0.3, -0.25) is 10.2 Å². The summed E-state index contributed by atoms with van der Waals surface area (Å²) in [5.41, 5.74) is 0. The van der Waals surface area contributed by atoms with Gasteiger partial charge in [-0.1, -0.05) is 12.1 Å². The van der Waals surface area contributed by atoms with Crippen LogP contribution in [0.4, 0.5) is 0 Å². The molecule has 6 heteroatoms. The molecule has 0 saturated carbocycles. The molecule has 3 aliphatic heterocycles. The zero-order chi connectivity index (χ0) is 13.3. The lowest BCUT2D eigenvalue weighted by molar-refractivity contribution is -0.117. The Hall–Kier alpha value is -0.760. The second kappa shape index (κ2) is 4.13. The van der Waals surface area contributed by atoms with E-state index in [4.69, 9.17) is 4.74 Å². The second-order valence-corrected chi connectivity index (χ2v) is 7.46. The zero-order valence-corrected chi connectivity index (χ0v) is 12.2. The van der Waals surface area contributed by atoms with E-state index in [0.29, 0.717) is 18.1 Å². The normalized spacial score (nSPS) is 45.4. The number of nitrogens with zero attached hydrogens (tertiary/aromatic N) is 1. The fourth-order valence-corrected chi connectivity index (χ4v) is 5.07. The number of rotatable bonds is 3. The summed E-state index contributed by atoms with van der Waals surface area (Å²) in [6, 6.07) is 9.63. The summed E-state index contributed by atoms with van der Waals surface area (Å²) in [7, 11) is 0. The Morgan fingerprint density at radius 3 is 2.60 bits per heavy atom. The molecule has 5 rings (SSSR count). The van der Waals surface area contributed by atoms with Crippen molar-refractivity contribution in [2.75, 3.05) is 0 Å². The van der Waals surface area contributed by atoms with Crippen molar-refractivity contribution in [3.8, 4) is 0 Å². The van der Waals surface area contributed by atoms with Gasteiger partial charge in [0, 0.05) is 9.75 Å². The SMILES string of the molecule is O[C@@H]1OC([C@H]2NC2c2cccs2)[N@]2C(c3cccs3)C12. The van der Waals surface area contributed by atoms with Crippen LogP contribution in [0.5, 0.6) is 0 Å². The fourth-order valence-electron chi connectivity index (χ4n) is 3.36. The Bertz CT molecular complexity index is 615. The Labute approximate surface area is 124 Å². The number of aliphatic hydroxyl groups excluding tert-OH is 1. The lowest BCUT2D eigenvalue weighted by Gasteiger charge is -2.16. The average Bonchev–Trinajstić information content (AvgIpc) is 3.14. The molecular formula is C14H14N2O2S2. The van der Waals surface area contributed by atoms with E-state index in [0.717, 1.165) is 0 Å². The van der Waals surface area contributed by atoms with E-state index in [1.807, 2.05) is 0 Å². The summed E-state index contributed by atoms with van der Waals surface area (Å²) in [5.74, 6) is 0. The van der Waals surface area contributed by atoms with E-state index >= 15 is 0 Å². The minimum absolute atomic E-state index is 0.00537. The molecule has 0 radical (unpaired) electrons. The van der Waals surface area contributed by atoms with Crippen LogP contribution in [0.15, 0.2) is 35.0 Å². The van der Waals surface area contributed by atoms with Gasteiger partial charge in [-0.05, 0) is 22.9 Å². The van der Waals surface area contributed by atoms with Crippen LogP contribution in [0.2, 0.25) is 0 Å². The molecule has 0 spiro atoms. The van der Waals surface area contributed by atoms with Gasteiger partial charge in [-0.2, -0.15) is 0 Å². The van der Waals surface area contributed by atoms with Crippen molar-refractivity contribution in [1.29, 1.82) is 0 Å². The highest BCUT2D eigenvalue weighted by molar-refractivity contribution is 7.10. The molecule has 3 aliphatic rings. The molecule has 0 aromatic carbocycles. The predicted molar refractivity (Wildman–Crippen MR) is 77.6 cm³/mol. The maximum Gasteiger partial charge on any atom is 0.174 e. The first-order chi connectivity index (χ1) is 9.84. The van der Waals surface area contributed by atoms with Crippen LogP contribution < -0.4 is 5.32 Å². The highest BCUT2D eigenvalue weighted by Gasteiger charge is 2.67. The number of thiophene rings is 2. The first kappa shape index (κ1) is 11.9. The number of fused-ring (bicyclic) bond motifs is 1. The van der Waals surface area contributed by atoms with Crippen molar-refractivity contribution in [2.45, 2.75) is 36.7 Å². The summed E-state index contributed by atoms with van der Waals surface area (Å²) < 4.78 is 5.73. The third-order valence-corrected chi connectivity index (χ3v) is 6.28. The van der Waals surface area contributed by atoms with Gasteiger partial charge in [0.25, 0.3) is 0 Å². The smallest absolute Gasteiger partial charge is 0.174 e. The predicted octanol–water partition coefficient (Wildman–Crippen LogP) is 1.92. The minimum atomic E-state index is -0.654. The Kier molecular flexibility index (Phi) is 2.45. The number of hydrogen-bond donors (Lipinski definition) is 2. The highest BCUT2D eigenvalue weighted by atomic mass is 32.1.